The predicted molar refractivity (Wildman–Crippen MR) is 78.3 cm³/mol. The van der Waals surface area contributed by atoms with Gasteiger partial charge in [-0.25, -0.2) is 9.97 Å². The molecule has 0 aliphatic rings. The van der Waals surface area contributed by atoms with Crippen LogP contribution in [0.1, 0.15) is 0 Å². The Labute approximate surface area is 118 Å². The van der Waals surface area contributed by atoms with Gasteiger partial charge >= 0.3 is 0 Å². The Morgan fingerprint density at radius 2 is 2.00 bits per heavy atom. The molecule has 3 aromatic heterocycles. The monoisotopic (exact) mass is 279 g/mol. The van der Waals surface area contributed by atoms with Crippen molar-refractivity contribution in [2.75, 3.05) is 0 Å². The fourth-order valence-electron chi connectivity index (χ4n) is 2.04. The topological polar surface area (TPSA) is 51.8 Å². The standard InChI is InChI=1S/C15H9N3OS/c1-2-6-16-11(3-1)15-18-12-7-10(4-5-14(12)19-15)13-8-20-9-17-13/h1-9H. The van der Waals surface area contributed by atoms with Crippen molar-refractivity contribution in [2.24, 2.45) is 0 Å². The fraction of sp³-hybridized carbons (Fsp3) is 0. The van der Waals surface area contributed by atoms with Gasteiger partial charge in [0.1, 0.15) is 11.2 Å². The largest absolute Gasteiger partial charge is 0.435 e. The maximum absolute atomic E-state index is 5.74. The van der Waals surface area contributed by atoms with Gasteiger partial charge in [-0.15, -0.1) is 11.3 Å². The first-order valence-electron chi connectivity index (χ1n) is 6.11. The molecule has 0 saturated carbocycles. The molecule has 0 bridgehead atoms. The number of rotatable bonds is 2. The van der Waals surface area contributed by atoms with Crippen LogP contribution in [0, 0.1) is 0 Å². The van der Waals surface area contributed by atoms with E-state index in [1.807, 2.05) is 47.3 Å². The molecule has 0 spiro atoms. The highest BCUT2D eigenvalue weighted by molar-refractivity contribution is 7.07. The van der Waals surface area contributed by atoms with Crippen molar-refractivity contribution in [3.63, 3.8) is 0 Å². The number of benzene rings is 1. The first-order chi connectivity index (χ1) is 9.90. The lowest BCUT2D eigenvalue weighted by atomic mass is 10.1. The molecule has 4 aromatic rings. The maximum atomic E-state index is 5.74. The van der Waals surface area contributed by atoms with E-state index in [-0.39, 0.29) is 0 Å². The second kappa shape index (κ2) is 4.54. The highest BCUT2D eigenvalue weighted by atomic mass is 32.1. The summed E-state index contributed by atoms with van der Waals surface area (Å²) in [4.78, 5) is 13.1. The fourth-order valence-corrected chi connectivity index (χ4v) is 2.60. The average Bonchev–Trinajstić information content (AvgIpc) is 3.16. The van der Waals surface area contributed by atoms with E-state index in [4.69, 9.17) is 4.42 Å². The SMILES string of the molecule is c1ccc(-c2nc3cc(-c4cscn4)ccc3o2)nc1. The van der Waals surface area contributed by atoms with Crippen molar-refractivity contribution >= 4 is 22.4 Å². The van der Waals surface area contributed by atoms with Crippen LogP contribution in [0.25, 0.3) is 33.9 Å². The summed E-state index contributed by atoms with van der Waals surface area (Å²) in [6, 6.07) is 11.6. The molecule has 0 radical (unpaired) electrons. The molecule has 96 valence electrons. The molecule has 0 aliphatic heterocycles. The first-order valence-corrected chi connectivity index (χ1v) is 7.05. The highest BCUT2D eigenvalue weighted by Crippen LogP contribution is 2.27. The van der Waals surface area contributed by atoms with Crippen molar-refractivity contribution in [1.82, 2.24) is 15.0 Å². The van der Waals surface area contributed by atoms with Crippen LogP contribution in [0.5, 0.6) is 0 Å². The summed E-state index contributed by atoms with van der Waals surface area (Å²) in [7, 11) is 0. The van der Waals surface area contributed by atoms with Crippen LogP contribution in [0.3, 0.4) is 0 Å². The zero-order valence-corrected chi connectivity index (χ0v) is 11.2. The third-order valence-electron chi connectivity index (χ3n) is 3.00. The molecule has 0 fully saturated rings. The quantitative estimate of drug-likeness (QED) is 0.556. The molecule has 3 heterocycles. The van der Waals surface area contributed by atoms with E-state index in [1.54, 1.807) is 17.5 Å². The third kappa shape index (κ3) is 1.88. The van der Waals surface area contributed by atoms with Gasteiger partial charge in [-0.05, 0) is 30.3 Å². The molecule has 1 aromatic carbocycles. The molecule has 0 N–H and O–H groups in total. The van der Waals surface area contributed by atoms with Gasteiger partial charge in [0.15, 0.2) is 5.58 Å². The second-order valence-corrected chi connectivity index (χ2v) is 5.01. The van der Waals surface area contributed by atoms with Gasteiger partial charge < -0.3 is 4.42 Å². The van der Waals surface area contributed by atoms with Gasteiger partial charge in [0.25, 0.3) is 0 Å². The van der Waals surface area contributed by atoms with Gasteiger partial charge in [-0.1, -0.05) is 6.07 Å². The Hall–Kier alpha value is -2.53. The number of pyridine rings is 1. The van der Waals surface area contributed by atoms with E-state index in [0.29, 0.717) is 5.89 Å². The normalized spacial score (nSPS) is 11.0. The van der Waals surface area contributed by atoms with Crippen molar-refractivity contribution in [2.45, 2.75) is 0 Å². The van der Waals surface area contributed by atoms with Crippen molar-refractivity contribution in [3.8, 4) is 22.8 Å². The number of fused-ring (bicyclic) bond motifs is 1. The third-order valence-corrected chi connectivity index (χ3v) is 3.59. The lowest BCUT2D eigenvalue weighted by Crippen LogP contribution is -1.80. The summed E-state index contributed by atoms with van der Waals surface area (Å²) >= 11 is 1.58. The van der Waals surface area contributed by atoms with Gasteiger partial charge in [-0.3, -0.25) is 4.98 Å². The van der Waals surface area contributed by atoms with Crippen LogP contribution in [0.4, 0.5) is 0 Å². The number of aromatic nitrogens is 3. The molecule has 4 nitrogen and oxygen atoms in total. The predicted octanol–water partition coefficient (Wildman–Crippen LogP) is 4.01. The van der Waals surface area contributed by atoms with E-state index in [9.17, 15) is 0 Å². The molecule has 0 aliphatic carbocycles. The number of hydrogen-bond acceptors (Lipinski definition) is 5. The molecule has 0 unspecified atom stereocenters. The van der Waals surface area contributed by atoms with E-state index in [2.05, 4.69) is 15.0 Å². The summed E-state index contributed by atoms with van der Waals surface area (Å²) in [5, 5.41) is 2.01. The minimum Gasteiger partial charge on any atom is -0.435 e. The van der Waals surface area contributed by atoms with E-state index in [1.165, 1.54) is 0 Å². The van der Waals surface area contributed by atoms with Gasteiger partial charge in [0.2, 0.25) is 5.89 Å². The minimum atomic E-state index is 0.538. The van der Waals surface area contributed by atoms with Crippen LogP contribution in [-0.2, 0) is 0 Å². The summed E-state index contributed by atoms with van der Waals surface area (Å²) in [6.07, 6.45) is 1.73. The van der Waals surface area contributed by atoms with Crippen LogP contribution >= 0.6 is 11.3 Å². The highest BCUT2D eigenvalue weighted by Gasteiger charge is 2.10. The maximum Gasteiger partial charge on any atom is 0.246 e. The zero-order valence-electron chi connectivity index (χ0n) is 10.4. The molecule has 5 heteroatoms. The number of nitrogens with zero attached hydrogens (tertiary/aromatic N) is 3. The average molecular weight is 279 g/mol. The summed E-state index contributed by atoms with van der Waals surface area (Å²) in [5.74, 6) is 0.538. The molecule has 0 saturated heterocycles. The Bertz CT molecular complexity index is 853. The van der Waals surface area contributed by atoms with Crippen molar-refractivity contribution in [1.29, 1.82) is 0 Å². The Balaban J connectivity index is 1.84. The number of hydrogen-bond donors (Lipinski definition) is 0. The van der Waals surface area contributed by atoms with E-state index < -0.39 is 0 Å². The molecular formula is C15H9N3OS. The van der Waals surface area contributed by atoms with Crippen LogP contribution in [-0.4, -0.2) is 15.0 Å². The van der Waals surface area contributed by atoms with Crippen molar-refractivity contribution in [3.05, 3.63) is 53.5 Å². The van der Waals surface area contributed by atoms with Crippen LogP contribution in [0.15, 0.2) is 57.9 Å². The first kappa shape index (κ1) is 11.3. The lowest BCUT2D eigenvalue weighted by molar-refractivity contribution is 0.617. The van der Waals surface area contributed by atoms with E-state index >= 15 is 0 Å². The molecular weight excluding hydrogens is 270 g/mol. The summed E-state index contributed by atoms with van der Waals surface area (Å²) < 4.78 is 5.74. The molecule has 20 heavy (non-hydrogen) atoms. The van der Waals surface area contributed by atoms with E-state index in [0.717, 1.165) is 28.1 Å². The number of oxazole rings is 1. The van der Waals surface area contributed by atoms with Gasteiger partial charge in [-0.2, -0.15) is 0 Å². The lowest BCUT2D eigenvalue weighted by Gasteiger charge is -1.94. The van der Waals surface area contributed by atoms with Crippen LogP contribution < -0.4 is 0 Å². The molecule has 0 amide bonds. The van der Waals surface area contributed by atoms with Crippen molar-refractivity contribution < 1.29 is 4.42 Å². The minimum absolute atomic E-state index is 0.538. The zero-order chi connectivity index (χ0) is 13.4. The van der Waals surface area contributed by atoms with Gasteiger partial charge in [0.05, 0.1) is 11.2 Å². The summed E-state index contributed by atoms with van der Waals surface area (Å²) in [5.41, 5.74) is 6.13. The Kier molecular flexibility index (Phi) is 2.57. The Morgan fingerprint density at radius 1 is 1.00 bits per heavy atom. The second-order valence-electron chi connectivity index (χ2n) is 4.29. The summed E-state index contributed by atoms with van der Waals surface area (Å²) in [6.45, 7) is 0. The van der Waals surface area contributed by atoms with Crippen LogP contribution in [0.2, 0.25) is 0 Å². The Morgan fingerprint density at radius 3 is 2.80 bits per heavy atom. The molecule has 4 rings (SSSR count). The van der Waals surface area contributed by atoms with Gasteiger partial charge in [0, 0.05) is 17.1 Å². The molecule has 0 atom stereocenters. The number of thiazole rings is 1. The smallest absolute Gasteiger partial charge is 0.246 e.